The van der Waals surface area contributed by atoms with Gasteiger partial charge in [0.2, 0.25) is 0 Å². The monoisotopic (exact) mass is 221 g/mol. The van der Waals surface area contributed by atoms with Gasteiger partial charge in [0.05, 0.1) is 0 Å². The third-order valence-electron chi connectivity index (χ3n) is 3.30. The molecular formula is C14H23NO. The standard InChI is InChI=1S/C14H23NO/c1-5-10(2)14(15)9-16-13-7-6-11(3)12(4)8-13/h6-8,10,14H,5,9,15H2,1-4H3. The lowest BCUT2D eigenvalue weighted by Gasteiger charge is -2.19. The van der Waals surface area contributed by atoms with E-state index >= 15 is 0 Å². The predicted octanol–water partition coefficient (Wildman–Crippen LogP) is 3.06. The van der Waals surface area contributed by atoms with E-state index in [0.29, 0.717) is 12.5 Å². The summed E-state index contributed by atoms with van der Waals surface area (Å²) in [4.78, 5) is 0. The van der Waals surface area contributed by atoms with Crippen LogP contribution in [0.1, 0.15) is 31.4 Å². The Bertz CT molecular complexity index is 336. The maximum absolute atomic E-state index is 6.02. The van der Waals surface area contributed by atoms with Crippen molar-refractivity contribution in [3.63, 3.8) is 0 Å². The van der Waals surface area contributed by atoms with Gasteiger partial charge in [-0.1, -0.05) is 26.3 Å². The molecule has 2 N–H and O–H groups in total. The van der Waals surface area contributed by atoms with E-state index in [4.69, 9.17) is 10.5 Å². The van der Waals surface area contributed by atoms with Crippen LogP contribution in [-0.2, 0) is 0 Å². The minimum Gasteiger partial charge on any atom is -0.492 e. The zero-order valence-electron chi connectivity index (χ0n) is 10.8. The number of hydrogen-bond acceptors (Lipinski definition) is 2. The molecule has 1 aromatic rings. The van der Waals surface area contributed by atoms with Crippen molar-refractivity contribution in [1.82, 2.24) is 0 Å². The molecule has 0 heterocycles. The molecule has 1 aromatic carbocycles. The topological polar surface area (TPSA) is 35.2 Å². The molecule has 0 bridgehead atoms. The fourth-order valence-electron chi connectivity index (χ4n) is 1.46. The maximum atomic E-state index is 6.02. The normalized spacial score (nSPS) is 14.6. The highest BCUT2D eigenvalue weighted by atomic mass is 16.5. The summed E-state index contributed by atoms with van der Waals surface area (Å²) in [5.74, 6) is 1.42. The van der Waals surface area contributed by atoms with Crippen LogP contribution in [0.2, 0.25) is 0 Å². The summed E-state index contributed by atoms with van der Waals surface area (Å²) in [6.07, 6.45) is 1.09. The van der Waals surface area contributed by atoms with E-state index in [9.17, 15) is 0 Å². The Hall–Kier alpha value is -1.02. The van der Waals surface area contributed by atoms with Crippen LogP contribution in [0, 0.1) is 19.8 Å². The molecule has 0 aliphatic carbocycles. The van der Waals surface area contributed by atoms with Gasteiger partial charge in [0.15, 0.2) is 0 Å². The molecule has 0 fully saturated rings. The van der Waals surface area contributed by atoms with E-state index in [0.717, 1.165) is 12.2 Å². The summed E-state index contributed by atoms with van der Waals surface area (Å²) < 4.78 is 5.70. The summed E-state index contributed by atoms with van der Waals surface area (Å²) in [6, 6.07) is 6.27. The molecule has 1 rings (SSSR count). The Labute approximate surface area is 98.8 Å². The van der Waals surface area contributed by atoms with Crippen LogP contribution in [0.3, 0.4) is 0 Å². The third kappa shape index (κ3) is 3.53. The van der Waals surface area contributed by atoms with Crippen LogP contribution in [-0.4, -0.2) is 12.6 Å². The third-order valence-corrected chi connectivity index (χ3v) is 3.30. The maximum Gasteiger partial charge on any atom is 0.119 e. The number of nitrogens with two attached hydrogens (primary N) is 1. The van der Waals surface area contributed by atoms with Gasteiger partial charge in [-0.25, -0.2) is 0 Å². The minimum absolute atomic E-state index is 0.117. The molecular weight excluding hydrogens is 198 g/mol. The molecule has 0 amide bonds. The lowest BCUT2D eigenvalue weighted by Crippen LogP contribution is -2.34. The lowest BCUT2D eigenvalue weighted by atomic mass is 10.0. The van der Waals surface area contributed by atoms with Crippen molar-refractivity contribution in [2.75, 3.05) is 6.61 Å². The average molecular weight is 221 g/mol. The minimum atomic E-state index is 0.117. The molecule has 2 atom stereocenters. The Morgan fingerprint density at radius 1 is 1.25 bits per heavy atom. The summed E-state index contributed by atoms with van der Waals surface area (Å²) in [5, 5.41) is 0. The van der Waals surface area contributed by atoms with Crippen LogP contribution in [0.25, 0.3) is 0 Å². The Balaban J connectivity index is 2.51. The first-order valence-corrected chi connectivity index (χ1v) is 6.00. The van der Waals surface area contributed by atoms with Crippen molar-refractivity contribution in [1.29, 1.82) is 0 Å². The van der Waals surface area contributed by atoms with E-state index in [1.807, 2.05) is 6.07 Å². The first-order valence-electron chi connectivity index (χ1n) is 6.00. The summed E-state index contributed by atoms with van der Waals surface area (Å²) in [6.45, 7) is 9.10. The number of rotatable bonds is 5. The molecule has 0 aliphatic heterocycles. The van der Waals surface area contributed by atoms with E-state index in [1.165, 1.54) is 11.1 Å². The predicted molar refractivity (Wildman–Crippen MR) is 68.8 cm³/mol. The van der Waals surface area contributed by atoms with Gasteiger partial charge in [0.1, 0.15) is 12.4 Å². The van der Waals surface area contributed by atoms with Crippen molar-refractivity contribution in [3.05, 3.63) is 29.3 Å². The van der Waals surface area contributed by atoms with Gasteiger partial charge in [-0.15, -0.1) is 0 Å². The quantitative estimate of drug-likeness (QED) is 0.829. The first kappa shape index (κ1) is 13.0. The average Bonchev–Trinajstić information content (AvgIpc) is 2.29. The van der Waals surface area contributed by atoms with Gasteiger partial charge in [-0.05, 0) is 43.0 Å². The zero-order chi connectivity index (χ0) is 12.1. The van der Waals surface area contributed by atoms with Gasteiger partial charge in [0.25, 0.3) is 0 Å². The summed E-state index contributed by atoms with van der Waals surface area (Å²) >= 11 is 0. The smallest absolute Gasteiger partial charge is 0.119 e. The van der Waals surface area contributed by atoms with Gasteiger partial charge >= 0.3 is 0 Å². The Morgan fingerprint density at radius 3 is 2.50 bits per heavy atom. The zero-order valence-corrected chi connectivity index (χ0v) is 10.8. The van der Waals surface area contributed by atoms with Gasteiger partial charge < -0.3 is 10.5 Å². The van der Waals surface area contributed by atoms with Crippen molar-refractivity contribution in [2.24, 2.45) is 11.7 Å². The first-order chi connectivity index (χ1) is 7.54. The second-order valence-electron chi connectivity index (χ2n) is 4.61. The van der Waals surface area contributed by atoms with Crippen molar-refractivity contribution < 1.29 is 4.74 Å². The molecule has 0 aromatic heterocycles. The SMILES string of the molecule is CCC(C)C(N)COc1ccc(C)c(C)c1. The molecule has 2 nitrogen and oxygen atoms in total. The Kier molecular flexibility index (Phi) is 4.81. The number of aryl methyl sites for hydroxylation is 2. The summed E-state index contributed by atoms with van der Waals surface area (Å²) in [7, 11) is 0. The van der Waals surface area contributed by atoms with Crippen molar-refractivity contribution in [3.8, 4) is 5.75 Å². The molecule has 90 valence electrons. The largest absolute Gasteiger partial charge is 0.492 e. The van der Waals surface area contributed by atoms with Gasteiger partial charge in [-0.2, -0.15) is 0 Å². The molecule has 0 saturated carbocycles. The number of hydrogen-bond donors (Lipinski definition) is 1. The van der Waals surface area contributed by atoms with Crippen LogP contribution in [0.4, 0.5) is 0 Å². The van der Waals surface area contributed by atoms with Crippen LogP contribution >= 0.6 is 0 Å². The number of benzene rings is 1. The molecule has 16 heavy (non-hydrogen) atoms. The molecule has 0 saturated heterocycles. The summed E-state index contributed by atoms with van der Waals surface area (Å²) in [5.41, 5.74) is 8.57. The molecule has 0 radical (unpaired) electrons. The fourth-order valence-corrected chi connectivity index (χ4v) is 1.46. The second kappa shape index (κ2) is 5.90. The van der Waals surface area contributed by atoms with Crippen LogP contribution in [0.5, 0.6) is 5.75 Å². The van der Waals surface area contributed by atoms with E-state index < -0.39 is 0 Å². The highest BCUT2D eigenvalue weighted by Gasteiger charge is 2.11. The van der Waals surface area contributed by atoms with Crippen LogP contribution < -0.4 is 10.5 Å². The van der Waals surface area contributed by atoms with E-state index in [2.05, 4.69) is 39.8 Å². The molecule has 2 heteroatoms. The highest BCUT2D eigenvalue weighted by molar-refractivity contribution is 5.33. The van der Waals surface area contributed by atoms with Gasteiger partial charge in [0, 0.05) is 6.04 Å². The van der Waals surface area contributed by atoms with E-state index in [-0.39, 0.29) is 6.04 Å². The fraction of sp³-hybridized carbons (Fsp3) is 0.571. The highest BCUT2D eigenvalue weighted by Crippen LogP contribution is 2.17. The van der Waals surface area contributed by atoms with Crippen molar-refractivity contribution >= 4 is 0 Å². The number of ether oxygens (including phenoxy) is 1. The molecule has 2 unspecified atom stereocenters. The van der Waals surface area contributed by atoms with Gasteiger partial charge in [-0.3, -0.25) is 0 Å². The lowest BCUT2D eigenvalue weighted by molar-refractivity contribution is 0.250. The second-order valence-corrected chi connectivity index (χ2v) is 4.61. The van der Waals surface area contributed by atoms with E-state index in [1.54, 1.807) is 0 Å². The molecule has 0 aliphatic rings. The van der Waals surface area contributed by atoms with Crippen LogP contribution in [0.15, 0.2) is 18.2 Å². The Morgan fingerprint density at radius 2 is 1.94 bits per heavy atom. The molecule has 0 spiro atoms. The van der Waals surface area contributed by atoms with Crippen molar-refractivity contribution in [2.45, 2.75) is 40.2 Å².